The first-order valence-corrected chi connectivity index (χ1v) is 6.07. The van der Waals surface area contributed by atoms with Crippen LogP contribution in [0.2, 0.25) is 0 Å². The number of rotatable bonds is 5. The van der Waals surface area contributed by atoms with Gasteiger partial charge >= 0.3 is 6.03 Å². The lowest BCUT2D eigenvalue weighted by Gasteiger charge is -2.14. The Balaban J connectivity index is 2.48. The number of carbonyl (C=O) groups excluding carboxylic acids is 1. The minimum Gasteiger partial charge on any atom is -0.351 e. The number of likely N-dealkylation sites (N-methyl/N-ethyl adjacent to an activating group) is 1. The monoisotopic (exact) mass is 234 g/mol. The van der Waals surface area contributed by atoms with E-state index in [0.717, 1.165) is 12.8 Å². The molecule has 1 aromatic rings. The number of carbonyl (C=O) groups is 1. The van der Waals surface area contributed by atoms with E-state index in [1.54, 1.807) is 7.05 Å². The van der Waals surface area contributed by atoms with Gasteiger partial charge in [-0.2, -0.15) is 0 Å². The van der Waals surface area contributed by atoms with Crippen molar-refractivity contribution in [3.63, 3.8) is 0 Å². The van der Waals surface area contributed by atoms with Crippen molar-refractivity contribution in [2.24, 2.45) is 11.7 Å². The summed E-state index contributed by atoms with van der Waals surface area (Å²) in [5, 5.41) is 0. The number of hydrogen-bond donors (Lipinski definition) is 1. The number of nitrogens with two attached hydrogens (primary N) is 1. The van der Waals surface area contributed by atoms with Crippen molar-refractivity contribution in [3.8, 4) is 0 Å². The van der Waals surface area contributed by atoms with Crippen LogP contribution < -0.4 is 5.73 Å². The van der Waals surface area contributed by atoms with Crippen molar-refractivity contribution in [3.05, 3.63) is 35.4 Å². The highest BCUT2D eigenvalue weighted by Crippen LogP contribution is 2.10. The molecule has 2 amide bonds. The van der Waals surface area contributed by atoms with E-state index in [9.17, 15) is 4.79 Å². The molecule has 0 aliphatic rings. The Labute approximate surface area is 104 Å². The van der Waals surface area contributed by atoms with E-state index in [0.29, 0.717) is 12.5 Å². The summed E-state index contributed by atoms with van der Waals surface area (Å²) < 4.78 is 0. The predicted molar refractivity (Wildman–Crippen MR) is 70.9 cm³/mol. The molecule has 17 heavy (non-hydrogen) atoms. The number of benzene rings is 1. The van der Waals surface area contributed by atoms with Gasteiger partial charge in [0.25, 0.3) is 0 Å². The largest absolute Gasteiger partial charge is 0.351 e. The zero-order valence-corrected chi connectivity index (χ0v) is 10.9. The molecule has 0 radical (unpaired) electrons. The number of primary amides is 1. The standard InChI is InChI=1S/C14H22N2O/c1-11(2)10-13-6-4-12(5-7-13)8-9-16(3)14(15)17/h4-7,11H,8-10H2,1-3H3,(H2,15,17). The van der Waals surface area contributed by atoms with E-state index < -0.39 is 0 Å². The summed E-state index contributed by atoms with van der Waals surface area (Å²) in [6.45, 7) is 5.10. The molecule has 0 spiro atoms. The van der Waals surface area contributed by atoms with Crippen molar-refractivity contribution >= 4 is 6.03 Å². The molecule has 2 N–H and O–H groups in total. The third-order valence-corrected chi connectivity index (χ3v) is 2.78. The van der Waals surface area contributed by atoms with Crippen molar-refractivity contribution in [1.29, 1.82) is 0 Å². The molecule has 1 aromatic carbocycles. The zero-order valence-electron chi connectivity index (χ0n) is 10.9. The van der Waals surface area contributed by atoms with Crippen molar-refractivity contribution in [2.45, 2.75) is 26.7 Å². The van der Waals surface area contributed by atoms with E-state index in [4.69, 9.17) is 5.73 Å². The van der Waals surface area contributed by atoms with Crippen LogP contribution in [-0.4, -0.2) is 24.5 Å². The number of urea groups is 1. The fourth-order valence-corrected chi connectivity index (χ4v) is 1.72. The van der Waals surface area contributed by atoms with Gasteiger partial charge in [-0.15, -0.1) is 0 Å². The lowest BCUT2D eigenvalue weighted by atomic mass is 10.0. The molecule has 0 bridgehead atoms. The van der Waals surface area contributed by atoms with Gasteiger partial charge in [0.05, 0.1) is 0 Å². The van der Waals surface area contributed by atoms with Gasteiger partial charge in [0.15, 0.2) is 0 Å². The Morgan fingerprint density at radius 1 is 1.24 bits per heavy atom. The van der Waals surface area contributed by atoms with Crippen LogP contribution in [0.5, 0.6) is 0 Å². The lowest BCUT2D eigenvalue weighted by molar-refractivity contribution is 0.219. The summed E-state index contributed by atoms with van der Waals surface area (Å²) >= 11 is 0. The Morgan fingerprint density at radius 3 is 2.24 bits per heavy atom. The van der Waals surface area contributed by atoms with Crippen LogP contribution in [0.3, 0.4) is 0 Å². The van der Waals surface area contributed by atoms with E-state index in [1.807, 2.05) is 0 Å². The average molecular weight is 234 g/mol. The van der Waals surface area contributed by atoms with E-state index in [2.05, 4.69) is 38.1 Å². The summed E-state index contributed by atoms with van der Waals surface area (Å²) in [5.41, 5.74) is 7.77. The third kappa shape index (κ3) is 4.89. The third-order valence-electron chi connectivity index (χ3n) is 2.78. The zero-order chi connectivity index (χ0) is 12.8. The summed E-state index contributed by atoms with van der Waals surface area (Å²) in [4.78, 5) is 12.4. The minimum atomic E-state index is -0.374. The smallest absolute Gasteiger partial charge is 0.314 e. The molecule has 0 aliphatic heterocycles. The highest BCUT2D eigenvalue weighted by Gasteiger charge is 2.03. The van der Waals surface area contributed by atoms with Gasteiger partial charge in [-0.1, -0.05) is 38.1 Å². The topological polar surface area (TPSA) is 46.3 Å². The maximum Gasteiger partial charge on any atom is 0.314 e. The average Bonchev–Trinajstić information content (AvgIpc) is 2.26. The molecule has 0 aromatic heterocycles. The second kappa shape index (κ2) is 6.28. The van der Waals surface area contributed by atoms with Crippen LogP contribution in [0.4, 0.5) is 4.79 Å². The van der Waals surface area contributed by atoms with Gasteiger partial charge in [-0.3, -0.25) is 0 Å². The summed E-state index contributed by atoms with van der Waals surface area (Å²) in [5.74, 6) is 0.682. The first-order valence-electron chi connectivity index (χ1n) is 6.07. The van der Waals surface area contributed by atoms with Crippen molar-refractivity contribution in [2.75, 3.05) is 13.6 Å². The molecular formula is C14H22N2O. The van der Waals surface area contributed by atoms with Gasteiger partial charge in [0.2, 0.25) is 0 Å². The maximum absolute atomic E-state index is 10.8. The summed E-state index contributed by atoms with van der Waals surface area (Å²) in [6, 6.07) is 8.22. The van der Waals surface area contributed by atoms with Gasteiger partial charge in [0.1, 0.15) is 0 Å². The second-order valence-corrected chi connectivity index (χ2v) is 4.92. The second-order valence-electron chi connectivity index (χ2n) is 4.92. The normalized spacial score (nSPS) is 10.6. The fraction of sp³-hybridized carbons (Fsp3) is 0.500. The number of hydrogen-bond acceptors (Lipinski definition) is 1. The number of amides is 2. The molecule has 94 valence electrons. The van der Waals surface area contributed by atoms with Crippen LogP contribution in [0, 0.1) is 5.92 Å². The Kier molecular flexibility index (Phi) is 5.01. The molecule has 3 nitrogen and oxygen atoms in total. The molecule has 0 unspecified atom stereocenters. The first-order chi connectivity index (χ1) is 7.99. The molecule has 0 atom stereocenters. The lowest BCUT2D eigenvalue weighted by Crippen LogP contribution is -2.33. The van der Waals surface area contributed by atoms with Gasteiger partial charge in [-0.25, -0.2) is 4.79 Å². The Hall–Kier alpha value is -1.51. The predicted octanol–water partition coefficient (Wildman–Crippen LogP) is 2.44. The SMILES string of the molecule is CC(C)Cc1ccc(CCN(C)C(N)=O)cc1. The number of nitrogens with zero attached hydrogens (tertiary/aromatic N) is 1. The summed E-state index contributed by atoms with van der Waals surface area (Å²) in [6.07, 6.45) is 1.96. The van der Waals surface area contributed by atoms with E-state index >= 15 is 0 Å². The maximum atomic E-state index is 10.8. The van der Waals surface area contributed by atoms with Crippen LogP contribution in [0.15, 0.2) is 24.3 Å². The van der Waals surface area contributed by atoms with E-state index in [1.165, 1.54) is 16.0 Å². The van der Waals surface area contributed by atoms with Crippen LogP contribution in [0.25, 0.3) is 0 Å². The quantitative estimate of drug-likeness (QED) is 0.835. The van der Waals surface area contributed by atoms with E-state index in [-0.39, 0.29) is 6.03 Å². The molecule has 1 rings (SSSR count). The first kappa shape index (κ1) is 13.6. The molecular weight excluding hydrogens is 212 g/mol. The van der Waals surface area contributed by atoms with Crippen molar-refractivity contribution in [1.82, 2.24) is 4.90 Å². The molecule has 3 heteroatoms. The molecule has 0 aliphatic carbocycles. The highest BCUT2D eigenvalue weighted by molar-refractivity contribution is 5.71. The van der Waals surface area contributed by atoms with Crippen LogP contribution in [0.1, 0.15) is 25.0 Å². The molecule has 0 saturated carbocycles. The fourth-order valence-electron chi connectivity index (χ4n) is 1.72. The molecule has 0 saturated heterocycles. The van der Waals surface area contributed by atoms with Crippen molar-refractivity contribution < 1.29 is 4.79 Å². The van der Waals surface area contributed by atoms with Crippen LogP contribution >= 0.6 is 0 Å². The Morgan fingerprint density at radius 2 is 1.76 bits per heavy atom. The molecule has 0 fully saturated rings. The highest BCUT2D eigenvalue weighted by atomic mass is 16.2. The minimum absolute atomic E-state index is 0.374. The molecule has 0 heterocycles. The Bertz CT molecular complexity index is 357. The van der Waals surface area contributed by atoms with Gasteiger partial charge in [-0.05, 0) is 29.9 Å². The van der Waals surface area contributed by atoms with Crippen LogP contribution in [-0.2, 0) is 12.8 Å². The van der Waals surface area contributed by atoms with Gasteiger partial charge in [0, 0.05) is 13.6 Å². The summed E-state index contributed by atoms with van der Waals surface area (Å²) in [7, 11) is 1.72. The van der Waals surface area contributed by atoms with Gasteiger partial charge < -0.3 is 10.6 Å².